The molecule has 0 unspecified atom stereocenters. The van der Waals surface area contributed by atoms with Gasteiger partial charge in [0.25, 0.3) is 0 Å². The third kappa shape index (κ3) is 3.87. The molecule has 0 radical (unpaired) electrons. The molecule has 2 aromatic carbocycles. The Balaban J connectivity index is 2.36. The monoisotopic (exact) mass is 281 g/mol. The van der Waals surface area contributed by atoms with Crippen molar-refractivity contribution in [3.63, 3.8) is 0 Å². The molecule has 1 heteroatoms. The average Bonchev–Trinajstić information content (AvgIpc) is 2.37. The Morgan fingerprint density at radius 2 is 1.38 bits per heavy atom. The van der Waals surface area contributed by atoms with Gasteiger partial charge in [-0.3, -0.25) is 0 Å². The van der Waals surface area contributed by atoms with Gasteiger partial charge in [-0.05, 0) is 68.5 Å². The fourth-order valence-corrected chi connectivity index (χ4v) is 3.05. The van der Waals surface area contributed by atoms with Gasteiger partial charge in [0, 0.05) is 12.2 Å². The molecule has 2 rings (SSSR count). The molecule has 0 aliphatic rings. The minimum absolute atomic E-state index is 1.05. The van der Waals surface area contributed by atoms with Gasteiger partial charge in [0.05, 0.1) is 0 Å². The minimum Gasteiger partial charge on any atom is -0.385 e. The summed E-state index contributed by atoms with van der Waals surface area (Å²) >= 11 is 0. The van der Waals surface area contributed by atoms with Crippen molar-refractivity contribution >= 4 is 5.69 Å². The zero-order valence-electron chi connectivity index (χ0n) is 14.0. The number of benzene rings is 2. The lowest BCUT2D eigenvalue weighted by atomic mass is 9.93. The van der Waals surface area contributed by atoms with Crippen LogP contribution in [0.4, 0.5) is 5.69 Å². The molecule has 21 heavy (non-hydrogen) atoms. The molecule has 0 bridgehead atoms. The van der Waals surface area contributed by atoms with Crippen LogP contribution in [0.2, 0.25) is 0 Å². The molecule has 0 saturated carbocycles. The van der Waals surface area contributed by atoms with Gasteiger partial charge >= 0.3 is 0 Å². The van der Waals surface area contributed by atoms with E-state index in [9.17, 15) is 0 Å². The molecule has 0 fully saturated rings. The topological polar surface area (TPSA) is 12.0 Å². The summed E-state index contributed by atoms with van der Waals surface area (Å²) in [7, 11) is 0. The van der Waals surface area contributed by atoms with Crippen LogP contribution in [0.25, 0.3) is 11.1 Å². The van der Waals surface area contributed by atoms with Gasteiger partial charge in [0.15, 0.2) is 0 Å². The summed E-state index contributed by atoms with van der Waals surface area (Å²) in [6.07, 6.45) is 2.45. The normalized spacial score (nSPS) is 10.7. The van der Waals surface area contributed by atoms with Crippen LogP contribution in [0, 0.1) is 27.7 Å². The van der Waals surface area contributed by atoms with E-state index in [1.54, 1.807) is 0 Å². The summed E-state index contributed by atoms with van der Waals surface area (Å²) < 4.78 is 0. The highest BCUT2D eigenvalue weighted by Crippen LogP contribution is 2.31. The van der Waals surface area contributed by atoms with Crippen molar-refractivity contribution in [3.05, 3.63) is 52.6 Å². The Labute approximate surface area is 129 Å². The van der Waals surface area contributed by atoms with Crippen LogP contribution in [0.3, 0.4) is 0 Å². The Bertz CT molecular complexity index is 582. The van der Waals surface area contributed by atoms with Gasteiger partial charge < -0.3 is 5.32 Å². The number of nitrogens with one attached hydrogen (secondary N) is 1. The third-order valence-electron chi connectivity index (χ3n) is 3.90. The maximum Gasteiger partial charge on any atom is 0.0345 e. The van der Waals surface area contributed by atoms with Crippen LogP contribution in [0.1, 0.15) is 42.0 Å². The molecule has 0 aliphatic heterocycles. The van der Waals surface area contributed by atoms with E-state index < -0.39 is 0 Å². The van der Waals surface area contributed by atoms with Crippen molar-refractivity contribution < 1.29 is 0 Å². The molecule has 0 saturated heterocycles. The quantitative estimate of drug-likeness (QED) is 0.683. The predicted molar refractivity (Wildman–Crippen MR) is 94.2 cm³/mol. The Kier molecular flexibility index (Phi) is 5.06. The highest BCUT2D eigenvalue weighted by molar-refractivity contribution is 5.74. The van der Waals surface area contributed by atoms with E-state index in [-0.39, 0.29) is 0 Å². The largest absolute Gasteiger partial charge is 0.385 e. The van der Waals surface area contributed by atoms with Crippen LogP contribution in [0.15, 0.2) is 30.3 Å². The fraction of sp³-hybridized carbons (Fsp3) is 0.400. The smallest absolute Gasteiger partial charge is 0.0345 e. The molecule has 0 heterocycles. The highest BCUT2D eigenvalue weighted by atomic mass is 14.9. The standard InChI is InChI=1S/C20H27N/c1-6-7-8-21-19-12-16(4)20(17(5)13-19)18-10-14(2)9-15(3)11-18/h9-13,21H,6-8H2,1-5H3. The predicted octanol–water partition coefficient (Wildman–Crippen LogP) is 5.80. The number of unbranched alkanes of at least 4 members (excludes halogenated alkanes) is 1. The van der Waals surface area contributed by atoms with Gasteiger partial charge in [-0.2, -0.15) is 0 Å². The van der Waals surface area contributed by atoms with Gasteiger partial charge in [0.1, 0.15) is 0 Å². The summed E-state index contributed by atoms with van der Waals surface area (Å²) in [4.78, 5) is 0. The number of anilines is 1. The second-order valence-electron chi connectivity index (χ2n) is 6.14. The van der Waals surface area contributed by atoms with Crippen LogP contribution < -0.4 is 5.32 Å². The van der Waals surface area contributed by atoms with Crippen molar-refractivity contribution in [1.82, 2.24) is 0 Å². The molecular weight excluding hydrogens is 254 g/mol. The maximum atomic E-state index is 3.53. The molecule has 1 N–H and O–H groups in total. The first-order valence-electron chi connectivity index (χ1n) is 7.95. The van der Waals surface area contributed by atoms with Crippen molar-refractivity contribution in [3.8, 4) is 11.1 Å². The van der Waals surface area contributed by atoms with Crippen LogP contribution in [-0.2, 0) is 0 Å². The Morgan fingerprint density at radius 1 is 0.810 bits per heavy atom. The van der Waals surface area contributed by atoms with E-state index in [2.05, 4.69) is 70.3 Å². The summed E-state index contributed by atoms with van der Waals surface area (Å²) in [6, 6.07) is 11.3. The first-order chi connectivity index (χ1) is 10.0. The first kappa shape index (κ1) is 15.6. The molecule has 0 spiro atoms. The number of aryl methyl sites for hydroxylation is 4. The van der Waals surface area contributed by atoms with Crippen LogP contribution in [0.5, 0.6) is 0 Å². The van der Waals surface area contributed by atoms with E-state index >= 15 is 0 Å². The Hall–Kier alpha value is -1.76. The molecule has 1 nitrogen and oxygen atoms in total. The van der Waals surface area contributed by atoms with E-state index in [4.69, 9.17) is 0 Å². The molecule has 0 aromatic heterocycles. The van der Waals surface area contributed by atoms with Gasteiger partial charge in [-0.1, -0.05) is 42.7 Å². The lowest BCUT2D eigenvalue weighted by Crippen LogP contribution is -2.02. The van der Waals surface area contributed by atoms with E-state index in [0.717, 1.165) is 6.54 Å². The number of hydrogen-bond acceptors (Lipinski definition) is 1. The van der Waals surface area contributed by atoms with Crippen molar-refractivity contribution in [2.75, 3.05) is 11.9 Å². The molecular formula is C20H27N. The Morgan fingerprint density at radius 3 is 1.90 bits per heavy atom. The molecule has 0 aliphatic carbocycles. The zero-order valence-corrected chi connectivity index (χ0v) is 14.0. The number of rotatable bonds is 5. The van der Waals surface area contributed by atoms with Crippen molar-refractivity contribution in [2.24, 2.45) is 0 Å². The lowest BCUT2D eigenvalue weighted by molar-refractivity contribution is 0.834. The van der Waals surface area contributed by atoms with Gasteiger partial charge in [0.2, 0.25) is 0 Å². The van der Waals surface area contributed by atoms with E-state index in [1.165, 1.54) is 51.9 Å². The van der Waals surface area contributed by atoms with Crippen molar-refractivity contribution in [2.45, 2.75) is 47.5 Å². The second kappa shape index (κ2) is 6.80. The summed E-state index contributed by atoms with van der Waals surface area (Å²) in [5.41, 5.74) is 9.30. The van der Waals surface area contributed by atoms with Crippen LogP contribution >= 0.6 is 0 Å². The highest BCUT2D eigenvalue weighted by Gasteiger charge is 2.08. The van der Waals surface area contributed by atoms with Crippen LogP contribution in [-0.4, -0.2) is 6.54 Å². The van der Waals surface area contributed by atoms with E-state index in [0.29, 0.717) is 0 Å². The van der Waals surface area contributed by atoms with Crippen molar-refractivity contribution in [1.29, 1.82) is 0 Å². The number of hydrogen-bond donors (Lipinski definition) is 1. The van der Waals surface area contributed by atoms with E-state index in [1.807, 2.05) is 0 Å². The molecule has 112 valence electrons. The SMILES string of the molecule is CCCCNc1cc(C)c(-c2cc(C)cc(C)c2)c(C)c1. The first-order valence-corrected chi connectivity index (χ1v) is 7.95. The third-order valence-corrected chi connectivity index (χ3v) is 3.90. The summed E-state index contributed by atoms with van der Waals surface area (Å²) in [5, 5.41) is 3.53. The zero-order chi connectivity index (χ0) is 15.4. The summed E-state index contributed by atoms with van der Waals surface area (Å²) in [5.74, 6) is 0. The maximum absolute atomic E-state index is 3.53. The fourth-order valence-electron chi connectivity index (χ4n) is 3.05. The van der Waals surface area contributed by atoms with Gasteiger partial charge in [-0.25, -0.2) is 0 Å². The second-order valence-corrected chi connectivity index (χ2v) is 6.14. The lowest BCUT2D eigenvalue weighted by Gasteiger charge is -2.15. The minimum atomic E-state index is 1.05. The molecule has 0 amide bonds. The van der Waals surface area contributed by atoms with Gasteiger partial charge in [-0.15, -0.1) is 0 Å². The summed E-state index contributed by atoms with van der Waals surface area (Å²) in [6.45, 7) is 12.0. The average molecular weight is 281 g/mol. The molecule has 0 atom stereocenters. The molecule has 2 aromatic rings.